The van der Waals surface area contributed by atoms with Crippen LogP contribution in [0.4, 0.5) is 11.4 Å². The minimum Gasteiger partial charge on any atom is -0.478 e. The fourth-order valence-corrected chi connectivity index (χ4v) is 4.05. The van der Waals surface area contributed by atoms with Gasteiger partial charge in [0.05, 0.1) is 18.0 Å². The molecule has 1 aliphatic heterocycles. The normalized spacial score (nSPS) is 14.9. The van der Waals surface area contributed by atoms with E-state index in [0.29, 0.717) is 0 Å². The topological polar surface area (TPSA) is 95.7 Å². The summed E-state index contributed by atoms with van der Waals surface area (Å²) in [6.45, 7) is 4.14. The molecule has 6 nitrogen and oxygen atoms in total. The van der Waals surface area contributed by atoms with E-state index < -0.39 is 5.97 Å². The monoisotopic (exact) mass is 409 g/mol. The Hall–Kier alpha value is -3.02. The van der Waals surface area contributed by atoms with Crippen molar-refractivity contribution in [1.29, 1.82) is 0 Å². The molecule has 0 spiro atoms. The average Bonchev–Trinajstić information content (AvgIpc) is 2.74. The first-order valence-electron chi connectivity index (χ1n) is 10.7. The molecule has 1 fully saturated rings. The van der Waals surface area contributed by atoms with E-state index in [4.69, 9.17) is 10.8 Å². The summed E-state index contributed by atoms with van der Waals surface area (Å²) in [7, 11) is 0. The number of aromatic carboxylic acids is 1. The first-order chi connectivity index (χ1) is 14.5. The van der Waals surface area contributed by atoms with E-state index in [1.54, 1.807) is 12.1 Å². The Balaban J connectivity index is 1.76. The fourth-order valence-electron chi connectivity index (χ4n) is 4.05. The van der Waals surface area contributed by atoms with Gasteiger partial charge in [0, 0.05) is 24.5 Å². The molecule has 0 aliphatic carbocycles. The lowest BCUT2D eigenvalue weighted by molar-refractivity contribution is -0.121. The summed E-state index contributed by atoms with van der Waals surface area (Å²) >= 11 is 0. The molecule has 2 aromatic rings. The zero-order valence-corrected chi connectivity index (χ0v) is 17.6. The van der Waals surface area contributed by atoms with Crippen LogP contribution in [0.25, 0.3) is 0 Å². The summed E-state index contributed by atoms with van der Waals surface area (Å²) < 4.78 is 0. The lowest BCUT2D eigenvalue weighted by atomic mass is 9.97. The second kappa shape index (κ2) is 10.1. The van der Waals surface area contributed by atoms with Gasteiger partial charge in [-0.1, -0.05) is 31.5 Å². The smallest absolute Gasteiger partial charge is 0.335 e. The molecule has 1 saturated heterocycles. The Morgan fingerprint density at radius 2 is 1.80 bits per heavy atom. The summed E-state index contributed by atoms with van der Waals surface area (Å²) in [4.78, 5) is 26.2. The van der Waals surface area contributed by atoms with Gasteiger partial charge in [0.2, 0.25) is 5.91 Å². The van der Waals surface area contributed by atoms with Gasteiger partial charge < -0.3 is 21.1 Å². The zero-order chi connectivity index (χ0) is 21.5. The Morgan fingerprint density at radius 3 is 2.43 bits per heavy atom. The summed E-state index contributed by atoms with van der Waals surface area (Å²) in [6.07, 6.45) is 5.60. The number of carboxylic acid groups (broad SMARTS) is 1. The van der Waals surface area contributed by atoms with Crippen LogP contribution in [0.1, 0.15) is 66.6 Å². The minimum absolute atomic E-state index is 0.0713. The van der Waals surface area contributed by atoms with E-state index in [9.17, 15) is 9.59 Å². The molecule has 4 N–H and O–H groups in total. The second-order valence-electron chi connectivity index (χ2n) is 7.95. The molecule has 0 saturated carbocycles. The van der Waals surface area contributed by atoms with Crippen LogP contribution in [0, 0.1) is 0 Å². The molecular formula is C24H31N3O3. The number of anilines is 2. The van der Waals surface area contributed by atoms with Crippen molar-refractivity contribution in [3.8, 4) is 0 Å². The van der Waals surface area contributed by atoms with Gasteiger partial charge in [-0.2, -0.15) is 0 Å². The van der Waals surface area contributed by atoms with Crippen molar-refractivity contribution in [3.05, 3.63) is 59.2 Å². The van der Waals surface area contributed by atoms with Gasteiger partial charge in [-0.25, -0.2) is 4.79 Å². The molecule has 3 rings (SSSR count). The third-order valence-electron chi connectivity index (χ3n) is 5.60. The fraction of sp³-hybridized carbons (Fsp3) is 0.417. The number of carboxylic acids is 1. The molecule has 1 amide bonds. The zero-order valence-electron chi connectivity index (χ0n) is 17.6. The Kier molecular flexibility index (Phi) is 7.33. The molecule has 0 radical (unpaired) electrons. The number of benzene rings is 2. The van der Waals surface area contributed by atoms with Crippen LogP contribution < -0.4 is 16.0 Å². The van der Waals surface area contributed by atoms with Crippen molar-refractivity contribution in [1.82, 2.24) is 5.32 Å². The van der Waals surface area contributed by atoms with Gasteiger partial charge in [-0.05, 0) is 61.1 Å². The number of nitrogens with one attached hydrogen (secondary N) is 1. The van der Waals surface area contributed by atoms with Crippen molar-refractivity contribution in [3.63, 3.8) is 0 Å². The number of amides is 1. The summed E-state index contributed by atoms with van der Waals surface area (Å²) in [5.74, 6) is -1.04. The predicted octanol–water partition coefficient (Wildman–Crippen LogP) is 4.16. The number of hydrogen-bond acceptors (Lipinski definition) is 4. The van der Waals surface area contributed by atoms with E-state index in [-0.39, 0.29) is 23.9 Å². The molecule has 0 aromatic heterocycles. The van der Waals surface area contributed by atoms with Crippen LogP contribution in [0.15, 0.2) is 42.5 Å². The molecule has 0 bridgehead atoms. The lowest BCUT2D eigenvalue weighted by Gasteiger charge is -2.33. The molecule has 2 aromatic carbocycles. The van der Waals surface area contributed by atoms with Crippen molar-refractivity contribution in [2.75, 3.05) is 23.7 Å². The van der Waals surface area contributed by atoms with E-state index in [0.717, 1.165) is 48.4 Å². The second-order valence-corrected chi connectivity index (χ2v) is 7.95. The quantitative estimate of drug-likeness (QED) is 0.569. The van der Waals surface area contributed by atoms with Gasteiger partial charge in [0.25, 0.3) is 0 Å². The van der Waals surface area contributed by atoms with Crippen LogP contribution in [-0.4, -0.2) is 30.1 Å². The maximum Gasteiger partial charge on any atom is 0.335 e. The number of nitrogens with zero attached hydrogens (tertiary/aromatic N) is 1. The van der Waals surface area contributed by atoms with E-state index >= 15 is 0 Å². The molecule has 1 unspecified atom stereocenters. The van der Waals surface area contributed by atoms with E-state index in [1.165, 1.54) is 31.4 Å². The first-order valence-corrected chi connectivity index (χ1v) is 10.7. The van der Waals surface area contributed by atoms with E-state index in [1.807, 2.05) is 18.2 Å². The molecule has 30 heavy (non-hydrogen) atoms. The molecule has 6 heteroatoms. The standard InChI is InChI=1S/C24H31N3O3/c1-2-6-21(26-23(28)15-17-7-9-18(10-8-17)24(29)30)20-12-11-19(25)16-22(20)27-13-4-3-5-14-27/h7-12,16,21H,2-6,13-15,25H2,1H3,(H,26,28)(H,29,30). The number of rotatable bonds is 8. The minimum atomic E-state index is -0.970. The number of hydrogen-bond donors (Lipinski definition) is 3. The maximum atomic E-state index is 12.8. The maximum absolute atomic E-state index is 12.8. The van der Waals surface area contributed by atoms with Crippen molar-refractivity contribution >= 4 is 23.3 Å². The molecule has 160 valence electrons. The summed E-state index contributed by atoms with van der Waals surface area (Å²) in [6, 6.07) is 12.3. The van der Waals surface area contributed by atoms with Crippen LogP contribution in [0.2, 0.25) is 0 Å². The molecular weight excluding hydrogens is 378 g/mol. The molecule has 1 atom stereocenters. The van der Waals surface area contributed by atoms with Gasteiger partial charge >= 0.3 is 5.97 Å². The number of piperidine rings is 1. The Labute approximate surface area is 178 Å². The highest BCUT2D eigenvalue weighted by Crippen LogP contribution is 2.33. The van der Waals surface area contributed by atoms with Gasteiger partial charge in [-0.15, -0.1) is 0 Å². The Bertz CT molecular complexity index is 874. The lowest BCUT2D eigenvalue weighted by Crippen LogP contribution is -2.34. The number of nitrogens with two attached hydrogens (primary N) is 1. The number of carbonyl (C=O) groups excluding carboxylic acids is 1. The third-order valence-corrected chi connectivity index (χ3v) is 5.60. The Morgan fingerprint density at radius 1 is 1.10 bits per heavy atom. The van der Waals surface area contributed by atoms with E-state index in [2.05, 4.69) is 17.1 Å². The number of nitrogen functional groups attached to an aromatic ring is 1. The molecule has 1 heterocycles. The summed E-state index contributed by atoms with van der Waals surface area (Å²) in [5.41, 5.74) is 10.1. The first kappa shape index (κ1) is 21.7. The van der Waals surface area contributed by atoms with Gasteiger partial charge in [0.1, 0.15) is 0 Å². The van der Waals surface area contributed by atoms with Crippen LogP contribution >= 0.6 is 0 Å². The highest BCUT2D eigenvalue weighted by molar-refractivity contribution is 5.87. The van der Waals surface area contributed by atoms with Gasteiger partial charge in [-0.3, -0.25) is 4.79 Å². The van der Waals surface area contributed by atoms with Crippen molar-refractivity contribution in [2.24, 2.45) is 0 Å². The summed E-state index contributed by atoms with van der Waals surface area (Å²) in [5, 5.41) is 12.2. The van der Waals surface area contributed by atoms with Crippen LogP contribution in [-0.2, 0) is 11.2 Å². The van der Waals surface area contributed by atoms with Crippen LogP contribution in [0.3, 0.4) is 0 Å². The highest BCUT2D eigenvalue weighted by Gasteiger charge is 2.22. The SMILES string of the molecule is CCCC(NC(=O)Cc1ccc(C(=O)O)cc1)c1ccc(N)cc1N1CCCCC1. The molecule has 1 aliphatic rings. The van der Waals surface area contributed by atoms with Crippen LogP contribution in [0.5, 0.6) is 0 Å². The third kappa shape index (κ3) is 5.53. The van der Waals surface area contributed by atoms with Crippen molar-refractivity contribution in [2.45, 2.75) is 51.5 Å². The highest BCUT2D eigenvalue weighted by atomic mass is 16.4. The number of carbonyl (C=O) groups is 2. The average molecular weight is 410 g/mol. The largest absolute Gasteiger partial charge is 0.478 e. The van der Waals surface area contributed by atoms with Gasteiger partial charge in [0.15, 0.2) is 0 Å². The predicted molar refractivity (Wildman–Crippen MR) is 120 cm³/mol. The van der Waals surface area contributed by atoms with Crippen molar-refractivity contribution < 1.29 is 14.7 Å².